The zero-order valence-corrected chi connectivity index (χ0v) is 11.9. The van der Waals surface area contributed by atoms with E-state index in [1.807, 2.05) is 0 Å². The maximum absolute atomic E-state index is 5.37. The first-order valence-electron chi connectivity index (χ1n) is 7.24. The monoisotopic (exact) mass is 256 g/mol. The van der Waals surface area contributed by atoms with Crippen molar-refractivity contribution >= 4 is 0 Å². The van der Waals surface area contributed by atoms with Crippen molar-refractivity contribution in [1.82, 2.24) is 4.90 Å². The van der Waals surface area contributed by atoms with Crippen molar-refractivity contribution in [2.24, 2.45) is 11.7 Å². The van der Waals surface area contributed by atoms with Crippen LogP contribution in [0.2, 0.25) is 0 Å². The molecule has 0 unspecified atom stereocenters. The molecule has 1 aliphatic rings. The summed E-state index contributed by atoms with van der Waals surface area (Å²) in [6, 6.07) is 8.51. The highest BCUT2D eigenvalue weighted by molar-refractivity contribution is 5.36. The van der Waals surface area contributed by atoms with E-state index in [4.69, 9.17) is 5.73 Å². The SMILES string of the molecule is CN(Cc1ccc(C#CCN)cc1)CC1CCCC1. The van der Waals surface area contributed by atoms with Gasteiger partial charge in [0.05, 0.1) is 6.54 Å². The Morgan fingerprint density at radius 3 is 2.53 bits per heavy atom. The third-order valence-corrected chi connectivity index (χ3v) is 3.79. The first-order chi connectivity index (χ1) is 9.28. The van der Waals surface area contributed by atoms with Crippen molar-refractivity contribution in [3.63, 3.8) is 0 Å². The molecule has 0 saturated heterocycles. The molecule has 0 aliphatic heterocycles. The summed E-state index contributed by atoms with van der Waals surface area (Å²) in [7, 11) is 2.22. The second-order valence-corrected chi connectivity index (χ2v) is 5.55. The highest BCUT2D eigenvalue weighted by Crippen LogP contribution is 2.25. The van der Waals surface area contributed by atoms with Crippen molar-refractivity contribution in [3.05, 3.63) is 35.4 Å². The molecule has 1 saturated carbocycles. The minimum absolute atomic E-state index is 0.422. The molecule has 0 atom stereocenters. The maximum atomic E-state index is 5.37. The van der Waals surface area contributed by atoms with Gasteiger partial charge in [-0.1, -0.05) is 36.8 Å². The lowest BCUT2D eigenvalue weighted by atomic mass is 10.1. The first-order valence-corrected chi connectivity index (χ1v) is 7.24. The van der Waals surface area contributed by atoms with E-state index in [2.05, 4.69) is 48.1 Å². The normalized spacial score (nSPS) is 15.5. The van der Waals surface area contributed by atoms with Crippen LogP contribution >= 0.6 is 0 Å². The van der Waals surface area contributed by atoms with E-state index < -0.39 is 0 Å². The average molecular weight is 256 g/mol. The number of benzene rings is 1. The van der Waals surface area contributed by atoms with Crippen molar-refractivity contribution in [2.45, 2.75) is 32.2 Å². The predicted molar refractivity (Wildman–Crippen MR) is 80.7 cm³/mol. The Kier molecular flexibility index (Phi) is 5.44. The Morgan fingerprint density at radius 2 is 1.89 bits per heavy atom. The molecule has 0 spiro atoms. The zero-order chi connectivity index (χ0) is 13.5. The van der Waals surface area contributed by atoms with Gasteiger partial charge < -0.3 is 10.6 Å². The Bertz CT molecular complexity index is 433. The summed E-state index contributed by atoms with van der Waals surface area (Å²) in [5, 5.41) is 0. The summed E-state index contributed by atoms with van der Waals surface area (Å²) in [6.45, 7) is 2.68. The third kappa shape index (κ3) is 4.70. The molecule has 1 aliphatic carbocycles. The van der Waals surface area contributed by atoms with Gasteiger partial charge in [0.25, 0.3) is 0 Å². The number of rotatable bonds is 4. The molecule has 1 aromatic carbocycles. The molecule has 2 heteroatoms. The molecule has 0 amide bonds. The van der Waals surface area contributed by atoms with Crippen LogP contribution in [0.1, 0.15) is 36.8 Å². The second-order valence-electron chi connectivity index (χ2n) is 5.55. The van der Waals surface area contributed by atoms with Crippen molar-refractivity contribution in [2.75, 3.05) is 20.1 Å². The van der Waals surface area contributed by atoms with Crippen LogP contribution in [-0.2, 0) is 6.54 Å². The number of hydrogen-bond acceptors (Lipinski definition) is 2. The zero-order valence-electron chi connectivity index (χ0n) is 11.9. The molecule has 1 aromatic rings. The van der Waals surface area contributed by atoms with Gasteiger partial charge >= 0.3 is 0 Å². The lowest BCUT2D eigenvalue weighted by Crippen LogP contribution is -2.24. The Labute approximate surface area is 117 Å². The van der Waals surface area contributed by atoms with Crippen LogP contribution in [0.4, 0.5) is 0 Å². The predicted octanol–water partition coefficient (Wildman–Crippen LogP) is 2.62. The smallest absolute Gasteiger partial charge is 0.0555 e. The van der Waals surface area contributed by atoms with Crippen molar-refractivity contribution < 1.29 is 0 Å². The fourth-order valence-electron chi connectivity index (χ4n) is 2.86. The van der Waals surface area contributed by atoms with E-state index in [0.717, 1.165) is 18.0 Å². The minimum Gasteiger partial charge on any atom is -0.320 e. The fraction of sp³-hybridized carbons (Fsp3) is 0.529. The van der Waals surface area contributed by atoms with Gasteiger partial charge in [-0.3, -0.25) is 0 Å². The molecule has 19 heavy (non-hydrogen) atoms. The molecular weight excluding hydrogens is 232 g/mol. The van der Waals surface area contributed by atoms with Gasteiger partial charge in [-0.15, -0.1) is 0 Å². The van der Waals surface area contributed by atoms with E-state index in [1.165, 1.54) is 37.8 Å². The molecule has 0 aromatic heterocycles. The molecule has 1 fully saturated rings. The lowest BCUT2D eigenvalue weighted by Gasteiger charge is -2.20. The molecule has 2 rings (SSSR count). The second kappa shape index (κ2) is 7.33. The van der Waals surface area contributed by atoms with Crippen LogP contribution in [0, 0.1) is 17.8 Å². The van der Waals surface area contributed by atoms with E-state index in [9.17, 15) is 0 Å². The molecule has 0 heterocycles. The third-order valence-electron chi connectivity index (χ3n) is 3.79. The molecule has 0 radical (unpaired) electrons. The summed E-state index contributed by atoms with van der Waals surface area (Å²) in [5.74, 6) is 6.85. The van der Waals surface area contributed by atoms with E-state index in [1.54, 1.807) is 0 Å². The summed E-state index contributed by atoms with van der Waals surface area (Å²) in [5.41, 5.74) is 7.78. The van der Waals surface area contributed by atoms with Gasteiger partial charge in [0.2, 0.25) is 0 Å². The summed E-state index contributed by atoms with van der Waals surface area (Å²) < 4.78 is 0. The molecule has 0 bridgehead atoms. The summed E-state index contributed by atoms with van der Waals surface area (Å²) in [6.07, 6.45) is 5.68. The summed E-state index contributed by atoms with van der Waals surface area (Å²) >= 11 is 0. The number of hydrogen-bond donors (Lipinski definition) is 1. The average Bonchev–Trinajstić information content (AvgIpc) is 2.90. The molecule has 102 valence electrons. The van der Waals surface area contributed by atoms with Gasteiger partial charge in [-0.25, -0.2) is 0 Å². The van der Waals surface area contributed by atoms with E-state index >= 15 is 0 Å². The minimum atomic E-state index is 0.422. The van der Waals surface area contributed by atoms with Crippen LogP contribution in [-0.4, -0.2) is 25.0 Å². The highest BCUT2D eigenvalue weighted by atomic mass is 15.1. The van der Waals surface area contributed by atoms with Gasteiger partial charge in [-0.05, 0) is 43.5 Å². The van der Waals surface area contributed by atoms with Crippen LogP contribution in [0.5, 0.6) is 0 Å². The van der Waals surface area contributed by atoms with Crippen molar-refractivity contribution in [1.29, 1.82) is 0 Å². The van der Waals surface area contributed by atoms with Gasteiger partial charge in [0.1, 0.15) is 0 Å². The topological polar surface area (TPSA) is 29.3 Å². The number of nitrogens with zero attached hydrogens (tertiary/aromatic N) is 1. The fourth-order valence-corrected chi connectivity index (χ4v) is 2.86. The van der Waals surface area contributed by atoms with Crippen LogP contribution in [0.15, 0.2) is 24.3 Å². The quantitative estimate of drug-likeness (QED) is 0.839. The first kappa shape index (κ1) is 14.1. The van der Waals surface area contributed by atoms with Crippen LogP contribution in [0.3, 0.4) is 0 Å². The molecule has 2 N–H and O–H groups in total. The Morgan fingerprint density at radius 1 is 1.21 bits per heavy atom. The van der Waals surface area contributed by atoms with Crippen molar-refractivity contribution in [3.8, 4) is 11.8 Å². The van der Waals surface area contributed by atoms with Crippen LogP contribution < -0.4 is 5.73 Å². The van der Waals surface area contributed by atoms with Crippen LogP contribution in [0.25, 0.3) is 0 Å². The van der Waals surface area contributed by atoms with Gasteiger partial charge in [0, 0.05) is 18.7 Å². The van der Waals surface area contributed by atoms with E-state index in [0.29, 0.717) is 6.54 Å². The summed E-state index contributed by atoms with van der Waals surface area (Å²) in [4.78, 5) is 2.44. The largest absolute Gasteiger partial charge is 0.320 e. The van der Waals surface area contributed by atoms with E-state index in [-0.39, 0.29) is 0 Å². The van der Waals surface area contributed by atoms with Gasteiger partial charge in [-0.2, -0.15) is 0 Å². The lowest BCUT2D eigenvalue weighted by molar-refractivity contribution is 0.271. The Hall–Kier alpha value is -1.30. The van der Waals surface area contributed by atoms with Gasteiger partial charge in [0.15, 0.2) is 0 Å². The maximum Gasteiger partial charge on any atom is 0.0555 e. The Balaban J connectivity index is 1.84. The molecule has 2 nitrogen and oxygen atoms in total. The standard InChI is InChI=1S/C17H24N2/c1-19(13-16-5-2-3-6-16)14-17-10-8-15(9-11-17)7-4-12-18/h8-11,16H,2-3,5-6,12-14,18H2,1H3. The highest BCUT2D eigenvalue weighted by Gasteiger charge is 2.16. The number of nitrogens with two attached hydrogens (primary N) is 1. The molecular formula is C17H24N2.